The van der Waals surface area contributed by atoms with Gasteiger partial charge in [-0.05, 0) is 36.6 Å². The summed E-state index contributed by atoms with van der Waals surface area (Å²) in [6.45, 7) is 0. The maximum atomic E-state index is 12.6. The van der Waals surface area contributed by atoms with Crippen LogP contribution in [0.4, 0.5) is 5.69 Å². The Bertz CT molecular complexity index is 1150. The maximum absolute atomic E-state index is 12.6. The molecule has 0 atom stereocenters. The van der Waals surface area contributed by atoms with Crippen molar-refractivity contribution in [1.29, 1.82) is 0 Å². The van der Waals surface area contributed by atoms with Gasteiger partial charge in [-0.15, -0.1) is 0 Å². The Morgan fingerprint density at radius 2 is 2.00 bits per heavy atom. The molecule has 29 heavy (non-hydrogen) atoms. The molecule has 146 valence electrons. The highest BCUT2D eigenvalue weighted by atomic mass is 16.5. The van der Waals surface area contributed by atoms with Crippen LogP contribution in [0.3, 0.4) is 0 Å². The van der Waals surface area contributed by atoms with Crippen molar-refractivity contribution >= 4 is 22.5 Å². The molecule has 0 spiro atoms. The van der Waals surface area contributed by atoms with E-state index in [1.165, 1.54) is 12.8 Å². The van der Waals surface area contributed by atoms with Crippen LogP contribution < -0.4 is 5.32 Å². The Kier molecular flexibility index (Phi) is 4.60. The number of para-hydroxylation sites is 1. The smallest absolute Gasteiger partial charge is 0.230 e. The van der Waals surface area contributed by atoms with Gasteiger partial charge in [-0.25, -0.2) is 0 Å². The number of nitrogens with one attached hydrogen (secondary N) is 2. The largest absolute Gasteiger partial charge is 0.361 e. The third-order valence-electron chi connectivity index (χ3n) is 5.58. The van der Waals surface area contributed by atoms with Gasteiger partial charge in [-0.1, -0.05) is 48.3 Å². The minimum Gasteiger partial charge on any atom is -0.361 e. The molecule has 4 aromatic rings. The van der Waals surface area contributed by atoms with E-state index < -0.39 is 0 Å². The highest BCUT2D eigenvalue weighted by molar-refractivity contribution is 5.96. The third kappa shape index (κ3) is 3.66. The van der Waals surface area contributed by atoms with Gasteiger partial charge >= 0.3 is 0 Å². The summed E-state index contributed by atoms with van der Waals surface area (Å²) >= 11 is 0. The number of hydrogen-bond donors (Lipinski definition) is 2. The summed E-state index contributed by atoms with van der Waals surface area (Å²) in [4.78, 5) is 20.4. The highest BCUT2D eigenvalue weighted by Gasteiger charge is 2.23. The summed E-state index contributed by atoms with van der Waals surface area (Å²) in [7, 11) is 0. The lowest BCUT2D eigenvalue weighted by atomic mass is 10.1. The summed E-state index contributed by atoms with van der Waals surface area (Å²) in [5, 5.41) is 8.19. The first-order valence-corrected chi connectivity index (χ1v) is 10.0. The van der Waals surface area contributed by atoms with Gasteiger partial charge in [0.25, 0.3) is 0 Å². The molecule has 6 nitrogen and oxygen atoms in total. The first-order valence-electron chi connectivity index (χ1n) is 10.0. The molecule has 5 rings (SSSR count). The van der Waals surface area contributed by atoms with Crippen molar-refractivity contribution in [1.82, 2.24) is 15.1 Å². The van der Waals surface area contributed by atoms with E-state index in [2.05, 4.69) is 20.4 Å². The molecule has 0 bridgehead atoms. The van der Waals surface area contributed by atoms with E-state index in [-0.39, 0.29) is 5.91 Å². The topological polar surface area (TPSA) is 83.8 Å². The van der Waals surface area contributed by atoms with E-state index in [4.69, 9.17) is 4.52 Å². The minimum atomic E-state index is -0.0633. The van der Waals surface area contributed by atoms with Crippen molar-refractivity contribution in [2.24, 2.45) is 0 Å². The van der Waals surface area contributed by atoms with Crippen molar-refractivity contribution in [3.63, 3.8) is 0 Å². The molecule has 2 aromatic carbocycles. The normalized spacial score (nSPS) is 14.5. The molecule has 0 saturated heterocycles. The second kappa shape index (κ2) is 7.54. The van der Waals surface area contributed by atoms with Gasteiger partial charge in [-0.3, -0.25) is 4.79 Å². The number of aromatic nitrogens is 3. The predicted molar refractivity (Wildman–Crippen MR) is 112 cm³/mol. The number of rotatable bonds is 5. The fraction of sp³-hybridized carbons (Fsp3) is 0.261. The molecule has 1 fully saturated rings. The zero-order valence-corrected chi connectivity index (χ0v) is 16.0. The lowest BCUT2D eigenvalue weighted by Crippen LogP contribution is -2.14. The van der Waals surface area contributed by atoms with Gasteiger partial charge in [0.2, 0.25) is 17.6 Å². The Labute approximate surface area is 168 Å². The second-order valence-corrected chi connectivity index (χ2v) is 7.60. The molecule has 1 amide bonds. The molecule has 0 radical (unpaired) electrons. The number of H-pyrrole nitrogens is 1. The van der Waals surface area contributed by atoms with Crippen molar-refractivity contribution in [3.8, 4) is 11.4 Å². The van der Waals surface area contributed by atoms with Crippen molar-refractivity contribution < 1.29 is 9.32 Å². The number of aromatic amines is 1. The van der Waals surface area contributed by atoms with Crippen LogP contribution in [0.5, 0.6) is 0 Å². The zero-order chi connectivity index (χ0) is 19.6. The lowest BCUT2D eigenvalue weighted by molar-refractivity contribution is -0.115. The number of hydrogen-bond acceptors (Lipinski definition) is 4. The molecule has 1 saturated carbocycles. The first kappa shape index (κ1) is 17.7. The van der Waals surface area contributed by atoms with E-state index in [0.29, 0.717) is 18.2 Å². The van der Waals surface area contributed by atoms with Crippen LogP contribution in [-0.4, -0.2) is 21.0 Å². The van der Waals surface area contributed by atoms with Gasteiger partial charge in [0.15, 0.2) is 0 Å². The Balaban J connectivity index is 1.30. The number of carbonyl (C=O) groups excluding carboxylic acids is 1. The fourth-order valence-electron chi connectivity index (χ4n) is 4.08. The van der Waals surface area contributed by atoms with Crippen LogP contribution >= 0.6 is 0 Å². The molecule has 2 heterocycles. The van der Waals surface area contributed by atoms with E-state index in [1.807, 2.05) is 54.7 Å². The predicted octanol–water partition coefficient (Wildman–Crippen LogP) is 5.06. The van der Waals surface area contributed by atoms with Crippen LogP contribution in [-0.2, 0) is 11.2 Å². The van der Waals surface area contributed by atoms with Crippen LogP contribution in [0.15, 0.2) is 59.3 Å². The van der Waals surface area contributed by atoms with Gasteiger partial charge in [0.05, 0.1) is 6.42 Å². The summed E-state index contributed by atoms with van der Waals surface area (Å²) in [6.07, 6.45) is 6.88. The quantitative estimate of drug-likeness (QED) is 0.502. The molecular weight excluding hydrogens is 364 g/mol. The average Bonchev–Trinajstić information content (AvgIpc) is 3.49. The van der Waals surface area contributed by atoms with Crippen LogP contribution in [0, 0.1) is 0 Å². The van der Waals surface area contributed by atoms with Crippen LogP contribution in [0.25, 0.3) is 22.3 Å². The summed E-state index contributed by atoms with van der Waals surface area (Å²) in [5.74, 6) is 1.62. The van der Waals surface area contributed by atoms with Crippen LogP contribution in [0.1, 0.15) is 43.1 Å². The van der Waals surface area contributed by atoms with Gasteiger partial charge < -0.3 is 14.8 Å². The van der Waals surface area contributed by atoms with E-state index in [1.54, 1.807) is 0 Å². The Morgan fingerprint density at radius 3 is 2.90 bits per heavy atom. The number of anilines is 1. The molecular formula is C23H22N4O2. The number of fused-ring (bicyclic) bond motifs is 1. The molecule has 0 aliphatic heterocycles. The molecule has 0 unspecified atom stereocenters. The number of carbonyl (C=O) groups is 1. The van der Waals surface area contributed by atoms with E-state index in [9.17, 15) is 4.79 Å². The van der Waals surface area contributed by atoms with Gasteiger partial charge in [-0.2, -0.15) is 4.98 Å². The molecule has 2 N–H and O–H groups in total. The highest BCUT2D eigenvalue weighted by Crippen LogP contribution is 2.34. The van der Waals surface area contributed by atoms with Crippen molar-refractivity contribution in [2.45, 2.75) is 38.0 Å². The maximum Gasteiger partial charge on any atom is 0.230 e. The van der Waals surface area contributed by atoms with E-state index >= 15 is 0 Å². The van der Waals surface area contributed by atoms with Gasteiger partial charge in [0, 0.05) is 34.3 Å². The standard InChI is InChI=1S/C23H22N4O2/c28-21(13-17-14-24-20-11-4-3-10-19(17)20)25-18-9-5-8-16(12-18)22-26-23(29-27-22)15-6-1-2-7-15/h3-5,8-12,14-15,24H,1-2,6-7,13H2,(H,25,28). The average molecular weight is 386 g/mol. The lowest BCUT2D eigenvalue weighted by Gasteiger charge is -2.06. The number of nitrogens with zero attached hydrogens (tertiary/aromatic N) is 2. The van der Waals surface area contributed by atoms with Crippen molar-refractivity contribution in [3.05, 3.63) is 66.2 Å². The Hall–Kier alpha value is -3.41. The minimum absolute atomic E-state index is 0.0633. The third-order valence-corrected chi connectivity index (χ3v) is 5.58. The van der Waals surface area contributed by atoms with Gasteiger partial charge in [0.1, 0.15) is 0 Å². The molecule has 1 aliphatic carbocycles. The fourth-order valence-corrected chi connectivity index (χ4v) is 4.08. The summed E-state index contributed by atoms with van der Waals surface area (Å²) in [6, 6.07) is 15.6. The van der Waals surface area contributed by atoms with E-state index in [0.717, 1.165) is 46.4 Å². The number of amides is 1. The summed E-state index contributed by atoms with van der Waals surface area (Å²) in [5.41, 5.74) is 3.57. The number of benzene rings is 2. The molecule has 2 aromatic heterocycles. The molecule has 6 heteroatoms. The SMILES string of the molecule is O=C(Cc1c[nH]c2ccccc12)Nc1cccc(-c2noc(C3CCCC3)n2)c1. The van der Waals surface area contributed by atoms with Crippen LogP contribution in [0.2, 0.25) is 0 Å². The summed E-state index contributed by atoms with van der Waals surface area (Å²) < 4.78 is 5.48. The monoisotopic (exact) mass is 386 g/mol. The first-order chi connectivity index (χ1) is 14.3. The molecule has 1 aliphatic rings. The van der Waals surface area contributed by atoms with Crippen molar-refractivity contribution in [2.75, 3.05) is 5.32 Å². The Morgan fingerprint density at radius 1 is 1.14 bits per heavy atom. The second-order valence-electron chi connectivity index (χ2n) is 7.60. The zero-order valence-electron chi connectivity index (χ0n) is 16.0.